The number of halogens is 1. The molecule has 208 valence electrons. The van der Waals surface area contributed by atoms with Gasteiger partial charge in [-0.25, -0.2) is 4.79 Å². The summed E-state index contributed by atoms with van der Waals surface area (Å²) in [6.07, 6.45) is 0. The third-order valence-electron chi connectivity index (χ3n) is 3.16. The van der Waals surface area contributed by atoms with Gasteiger partial charge >= 0.3 is 36.1 Å². The Morgan fingerprint density at radius 1 is 0.784 bits per heavy atom. The first-order chi connectivity index (χ1) is 15.3. The molecule has 0 unspecified atom stereocenters. The molecular formula is C28H48BBrMgO6. The maximum Gasteiger partial charge on any atom is 2.00 e. The molecule has 0 saturated heterocycles. The standard InChI is InChI=1S/C11H15BO4.C11H13O2.2C2H6.2CH4.BrH.Mg/c1-11(2,3)16-10(13)8-5-4-6-9(7-8)12(14)15;1-11(2,3)13-10(12)9-7-5-4-6-8-9;2*1-2;;;;/h4-7,14-15H,1-3H3;4-5,7-8H,1-3H3;2*1-2H3;2*1H4;1H;/q;-1;;;;;;+2/p-1. The molecule has 0 aliphatic carbocycles. The fourth-order valence-electron chi connectivity index (χ4n) is 2.02. The zero-order chi connectivity index (χ0) is 26.2. The molecule has 0 aliphatic heterocycles. The first-order valence-electron chi connectivity index (χ1n) is 11.2. The van der Waals surface area contributed by atoms with Crippen LogP contribution in [0.4, 0.5) is 0 Å². The Morgan fingerprint density at radius 2 is 1.19 bits per heavy atom. The van der Waals surface area contributed by atoms with E-state index in [0.29, 0.717) is 11.1 Å². The third kappa shape index (κ3) is 24.7. The van der Waals surface area contributed by atoms with E-state index in [1.54, 1.807) is 57.2 Å². The van der Waals surface area contributed by atoms with E-state index in [-0.39, 0.29) is 66.3 Å². The molecule has 0 spiro atoms. The number of ether oxygens (including phenoxy) is 2. The summed E-state index contributed by atoms with van der Waals surface area (Å²) in [5.41, 5.74) is 0.110. The summed E-state index contributed by atoms with van der Waals surface area (Å²) in [5, 5.41) is 17.9. The molecule has 2 aromatic carbocycles. The average Bonchev–Trinajstić information content (AvgIpc) is 2.75. The van der Waals surface area contributed by atoms with E-state index in [0.717, 1.165) is 0 Å². The number of benzene rings is 2. The Hall–Kier alpha value is -1.39. The van der Waals surface area contributed by atoms with E-state index < -0.39 is 24.3 Å². The monoisotopic (exact) mass is 594 g/mol. The third-order valence-corrected chi connectivity index (χ3v) is 3.16. The Kier molecular flexibility index (Phi) is 32.8. The first kappa shape index (κ1) is 48.7. The van der Waals surface area contributed by atoms with Gasteiger partial charge in [0.1, 0.15) is 11.2 Å². The topological polar surface area (TPSA) is 93.1 Å². The SMILES string of the molecule is C.C.CC.CC.CC(C)(C)OC(=O)c1c[c-]ccc1.CC(C)(C)OC(=O)c1cccc(B(O)O)c1.[Br-].[Mg+2]. The van der Waals surface area contributed by atoms with Crippen LogP contribution in [0.1, 0.15) is 105 Å². The largest absolute Gasteiger partial charge is 2.00 e. The van der Waals surface area contributed by atoms with E-state index in [9.17, 15) is 9.59 Å². The van der Waals surface area contributed by atoms with Crippen molar-refractivity contribution >= 4 is 47.6 Å². The first-order valence-corrected chi connectivity index (χ1v) is 11.2. The van der Waals surface area contributed by atoms with E-state index in [1.807, 2.05) is 48.5 Å². The quantitative estimate of drug-likeness (QED) is 0.322. The van der Waals surface area contributed by atoms with Crippen molar-refractivity contribution < 1.29 is 46.1 Å². The van der Waals surface area contributed by atoms with Crippen molar-refractivity contribution in [2.45, 2.75) is 95.3 Å². The van der Waals surface area contributed by atoms with Crippen LogP contribution in [-0.2, 0) is 9.47 Å². The molecule has 2 rings (SSSR count). The molecule has 0 atom stereocenters. The Morgan fingerprint density at radius 3 is 1.54 bits per heavy atom. The fourth-order valence-corrected chi connectivity index (χ4v) is 2.02. The van der Waals surface area contributed by atoms with Gasteiger partial charge in [0.15, 0.2) is 0 Å². The van der Waals surface area contributed by atoms with Crippen LogP contribution >= 0.6 is 0 Å². The zero-order valence-corrected chi connectivity index (χ0v) is 25.8. The Balaban J connectivity index is -0.000000105. The number of esters is 2. The summed E-state index contributed by atoms with van der Waals surface area (Å²) in [4.78, 5) is 23.1. The van der Waals surface area contributed by atoms with Crippen LogP contribution in [0.3, 0.4) is 0 Å². The van der Waals surface area contributed by atoms with Crippen molar-refractivity contribution in [3.05, 3.63) is 65.7 Å². The van der Waals surface area contributed by atoms with Crippen LogP contribution in [0.5, 0.6) is 0 Å². The van der Waals surface area contributed by atoms with Crippen molar-refractivity contribution in [1.82, 2.24) is 0 Å². The number of hydrogen-bond acceptors (Lipinski definition) is 6. The van der Waals surface area contributed by atoms with Crippen LogP contribution in [0, 0.1) is 6.07 Å². The maximum atomic E-state index is 11.6. The van der Waals surface area contributed by atoms with Crippen LogP contribution < -0.4 is 22.4 Å². The maximum absolute atomic E-state index is 11.6. The van der Waals surface area contributed by atoms with Gasteiger partial charge in [0.05, 0.1) is 5.56 Å². The average molecular weight is 596 g/mol. The van der Waals surface area contributed by atoms with Gasteiger partial charge < -0.3 is 36.5 Å². The number of hydrogen-bond donors (Lipinski definition) is 2. The van der Waals surface area contributed by atoms with Crippen LogP contribution in [-0.4, -0.2) is 63.4 Å². The van der Waals surface area contributed by atoms with Gasteiger partial charge in [0, 0.05) is 0 Å². The van der Waals surface area contributed by atoms with Gasteiger partial charge in [-0.2, -0.15) is 30.3 Å². The van der Waals surface area contributed by atoms with Crippen molar-refractivity contribution in [3.63, 3.8) is 0 Å². The molecule has 0 amide bonds. The van der Waals surface area contributed by atoms with Crippen molar-refractivity contribution in [2.24, 2.45) is 0 Å². The molecule has 9 heteroatoms. The van der Waals surface area contributed by atoms with Crippen LogP contribution in [0.25, 0.3) is 0 Å². The van der Waals surface area contributed by atoms with E-state index >= 15 is 0 Å². The number of carbonyl (C=O) groups excluding carboxylic acids is 2. The predicted molar refractivity (Wildman–Crippen MR) is 154 cm³/mol. The molecule has 6 nitrogen and oxygen atoms in total. The summed E-state index contributed by atoms with van der Waals surface area (Å²) >= 11 is 0. The number of rotatable bonds is 3. The molecule has 2 aromatic rings. The summed E-state index contributed by atoms with van der Waals surface area (Å²) in [6, 6.07) is 15.7. The second-order valence-corrected chi connectivity index (χ2v) is 8.30. The molecule has 0 saturated carbocycles. The minimum Gasteiger partial charge on any atom is -1.00 e. The van der Waals surface area contributed by atoms with E-state index in [4.69, 9.17) is 19.5 Å². The molecule has 0 bridgehead atoms. The minimum absolute atomic E-state index is 0. The minimum atomic E-state index is -1.58. The fraction of sp³-hybridized carbons (Fsp3) is 0.500. The predicted octanol–water partition coefficient (Wildman–Crippen LogP) is 2.71. The van der Waals surface area contributed by atoms with Crippen molar-refractivity contribution in [3.8, 4) is 0 Å². The second kappa shape index (κ2) is 24.9. The molecule has 0 fully saturated rings. The molecule has 2 N–H and O–H groups in total. The molecule has 37 heavy (non-hydrogen) atoms. The zero-order valence-electron chi connectivity index (χ0n) is 22.8. The van der Waals surface area contributed by atoms with Gasteiger partial charge in [0.25, 0.3) is 5.97 Å². The molecule has 0 aromatic heterocycles. The molecule has 0 radical (unpaired) electrons. The van der Waals surface area contributed by atoms with E-state index in [2.05, 4.69) is 6.07 Å². The summed E-state index contributed by atoms with van der Waals surface area (Å²) < 4.78 is 10.3. The van der Waals surface area contributed by atoms with Crippen LogP contribution in [0.15, 0.2) is 48.5 Å². The molecule has 0 heterocycles. The smallest absolute Gasteiger partial charge is 1.00 e. The summed E-state index contributed by atoms with van der Waals surface area (Å²) in [6.45, 7) is 18.9. The number of carbonyl (C=O) groups is 2. The van der Waals surface area contributed by atoms with Crippen molar-refractivity contribution in [2.75, 3.05) is 0 Å². The van der Waals surface area contributed by atoms with E-state index in [1.165, 1.54) is 12.1 Å². The Labute approximate surface area is 253 Å². The Bertz CT molecular complexity index is 819. The van der Waals surface area contributed by atoms with Gasteiger partial charge in [-0.05, 0) is 59.1 Å². The summed E-state index contributed by atoms with van der Waals surface area (Å²) in [5.74, 6) is -0.778. The normalized spacial score (nSPS) is 8.97. The van der Waals surface area contributed by atoms with Gasteiger partial charge in [-0.15, -0.1) is 0 Å². The van der Waals surface area contributed by atoms with Crippen molar-refractivity contribution in [1.29, 1.82) is 0 Å². The van der Waals surface area contributed by atoms with Gasteiger partial charge in [0.2, 0.25) is 0 Å². The van der Waals surface area contributed by atoms with Gasteiger partial charge in [-0.3, -0.25) is 4.79 Å². The molecular weight excluding hydrogens is 547 g/mol. The molecule has 0 aliphatic rings. The van der Waals surface area contributed by atoms with Crippen LogP contribution in [0.2, 0.25) is 0 Å². The second-order valence-electron chi connectivity index (χ2n) is 8.30. The summed E-state index contributed by atoms with van der Waals surface area (Å²) in [7, 11) is -1.58. The van der Waals surface area contributed by atoms with Gasteiger partial charge in [-0.1, -0.05) is 60.2 Å².